The van der Waals surface area contributed by atoms with E-state index in [4.69, 9.17) is 4.74 Å². The number of aryl methyl sites for hydroxylation is 2. The summed E-state index contributed by atoms with van der Waals surface area (Å²) in [4.78, 5) is 14.3. The van der Waals surface area contributed by atoms with Crippen molar-refractivity contribution < 1.29 is 9.53 Å². The molecule has 2 atom stereocenters. The van der Waals surface area contributed by atoms with E-state index >= 15 is 0 Å². The van der Waals surface area contributed by atoms with Crippen molar-refractivity contribution in [2.45, 2.75) is 33.1 Å². The van der Waals surface area contributed by atoms with Crippen LogP contribution in [0.4, 0.5) is 0 Å². The molecule has 0 unspecified atom stereocenters. The summed E-state index contributed by atoms with van der Waals surface area (Å²) in [5.41, 5.74) is 2.39. The van der Waals surface area contributed by atoms with Crippen molar-refractivity contribution in [3.63, 3.8) is 0 Å². The van der Waals surface area contributed by atoms with Gasteiger partial charge in [-0.25, -0.2) is 0 Å². The number of nitrogens with zero attached hydrogens (tertiary/aromatic N) is 1. The lowest BCUT2D eigenvalue weighted by molar-refractivity contribution is -0.130. The maximum absolute atomic E-state index is 12.3. The van der Waals surface area contributed by atoms with Gasteiger partial charge in [-0.2, -0.15) is 0 Å². The van der Waals surface area contributed by atoms with Gasteiger partial charge in [0, 0.05) is 32.6 Å². The van der Waals surface area contributed by atoms with E-state index in [2.05, 4.69) is 42.3 Å². The Morgan fingerprint density at radius 1 is 1.21 bits per heavy atom. The number of rotatable bonds is 6. The van der Waals surface area contributed by atoms with E-state index in [1.807, 2.05) is 0 Å². The van der Waals surface area contributed by atoms with E-state index < -0.39 is 0 Å². The molecule has 2 aliphatic rings. The van der Waals surface area contributed by atoms with E-state index in [0.29, 0.717) is 30.8 Å². The first-order valence-electron chi connectivity index (χ1n) is 8.82. The molecular formula is C19H29ClN2O2. The van der Waals surface area contributed by atoms with Gasteiger partial charge in [0.25, 0.3) is 0 Å². The number of benzene rings is 1. The van der Waals surface area contributed by atoms with Crippen LogP contribution < -0.4 is 10.1 Å². The number of halogens is 1. The van der Waals surface area contributed by atoms with Gasteiger partial charge in [0.1, 0.15) is 5.75 Å². The van der Waals surface area contributed by atoms with E-state index in [1.54, 1.807) is 0 Å². The molecule has 0 bridgehead atoms. The fourth-order valence-corrected chi connectivity index (χ4v) is 3.64. The van der Waals surface area contributed by atoms with Crippen LogP contribution >= 0.6 is 12.4 Å². The molecule has 1 aromatic carbocycles. The van der Waals surface area contributed by atoms with Crippen molar-refractivity contribution in [2.75, 3.05) is 32.8 Å². The lowest BCUT2D eigenvalue weighted by Gasteiger charge is -2.17. The van der Waals surface area contributed by atoms with E-state index in [-0.39, 0.29) is 12.4 Å². The van der Waals surface area contributed by atoms with Crippen molar-refractivity contribution in [2.24, 2.45) is 11.8 Å². The highest BCUT2D eigenvalue weighted by atomic mass is 35.5. The average molecular weight is 353 g/mol. The van der Waals surface area contributed by atoms with Crippen LogP contribution in [0.3, 0.4) is 0 Å². The van der Waals surface area contributed by atoms with Gasteiger partial charge < -0.3 is 15.0 Å². The molecule has 3 rings (SSSR count). The summed E-state index contributed by atoms with van der Waals surface area (Å²) in [6.07, 6.45) is 2.50. The van der Waals surface area contributed by atoms with Crippen molar-refractivity contribution in [1.82, 2.24) is 10.2 Å². The monoisotopic (exact) mass is 352 g/mol. The van der Waals surface area contributed by atoms with Crippen LogP contribution in [-0.4, -0.2) is 43.6 Å². The van der Waals surface area contributed by atoms with Crippen molar-refractivity contribution >= 4 is 18.3 Å². The Bertz CT molecular complexity index is 552. The zero-order chi connectivity index (χ0) is 16.2. The van der Waals surface area contributed by atoms with E-state index in [0.717, 1.165) is 44.8 Å². The summed E-state index contributed by atoms with van der Waals surface area (Å²) in [5.74, 6) is 2.67. The third-order valence-corrected chi connectivity index (χ3v) is 5.13. The summed E-state index contributed by atoms with van der Waals surface area (Å²) in [5, 5.41) is 3.41. The quantitative estimate of drug-likeness (QED) is 0.800. The minimum atomic E-state index is 0. The second kappa shape index (κ2) is 8.72. The molecule has 0 saturated carbocycles. The minimum absolute atomic E-state index is 0. The molecular weight excluding hydrogens is 324 g/mol. The molecule has 4 nitrogen and oxygen atoms in total. The highest BCUT2D eigenvalue weighted by Crippen LogP contribution is 2.27. The van der Waals surface area contributed by atoms with Crippen LogP contribution in [0.15, 0.2) is 18.2 Å². The third kappa shape index (κ3) is 4.64. The zero-order valence-corrected chi connectivity index (χ0v) is 15.5. The number of likely N-dealkylation sites (tertiary alicyclic amines) is 1. The molecule has 2 saturated heterocycles. The predicted molar refractivity (Wildman–Crippen MR) is 98.9 cm³/mol. The molecule has 24 heavy (non-hydrogen) atoms. The number of hydrogen-bond acceptors (Lipinski definition) is 3. The second-order valence-electron chi connectivity index (χ2n) is 7.05. The summed E-state index contributed by atoms with van der Waals surface area (Å²) < 4.78 is 5.85. The smallest absolute Gasteiger partial charge is 0.222 e. The second-order valence-corrected chi connectivity index (χ2v) is 7.05. The molecule has 1 N–H and O–H groups in total. The highest BCUT2D eigenvalue weighted by molar-refractivity contribution is 5.85. The lowest BCUT2D eigenvalue weighted by Crippen LogP contribution is -2.31. The molecule has 2 aliphatic heterocycles. The number of nitrogens with one attached hydrogen (secondary N) is 1. The molecule has 2 heterocycles. The van der Waals surface area contributed by atoms with Gasteiger partial charge in [-0.15, -0.1) is 12.4 Å². The van der Waals surface area contributed by atoms with Crippen LogP contribution in [0.2, 0.25) is 0 Å². The molecule has 2 fully saturated rings. The van der Waals surface area contributed by atoms with Crippen molar-refractivity contribution in [1.29, 1.82) is 0 Å². The van der Waals surface area contributed by atoms with Crippen LogP contribution in [0, 0.1) is 25.7 Å². The van der Waals surface area contributed by atoms with Gasteiger partial charge in [0.15, 0.2) is 0 Å². The van der Waals surface area contributed by atoms with Crippen LogP contribution in [-0.2, 0) is 4.79 Å². The number of ether oxygens (including phenoxy) is 1. The Balaban J connectivity index is 0.00000208. The number of hydrogen-bond donors (Lipinski definition) is 1. The molecule has 1 aromatic rings. The van der Waals surface area contributed by atoms with Crippen LogP contribution in [0.1, 0.15) is 30.4 Å². The largest absolute Gasteiger partial charge is 0.493 e. The molecule has 0 radical (unpaired) electrons. The van der Waals surface area contributed by atoms with Gasteiger partial charge in [0.2, 0.25) is 5.91 Å². The van der Waals surface area contributed by atoms with Crippen molar-refractivity contribution in [3.05, 3.63) is 29.3 Å². The number of fused-ring (bicyclic) bond motifs is 1. The molecule has 1 amide bonds. The standard InChI is InChI=1S/C19H28N2O2.ClH/c1-14-6-7-15(2)18(9-14)23-8-4-3-5-19(22)21-12-16-10-20-11-17(16)13-21;/h6-7,9,16-17,20H,3-5,8,10-13H2,1-2H3;1H/t16-,17+;. The Hall–Kier alpha value is -1.26. The van der Waals surface area contributed by atoms with Gasteiger partial charge >= 0.3 is 0 Å². The first kappa shape index (κ1) is 19.1. The normalized spacial score (nSPS) is 22.2. The average Bonchev–Trinajstić information content (AvgIpc) is 3.11. The van der Waals surface area contributed by atoms with Gasteiger partial charge in [-0.05, 0) is 55.7 Å². The van der Waals surface area contributed by atoms with E-state index in [1.165, 1.54) is 11.1 Å². The Morgan fingerprint density at radius 3 is 2.62 bits per heavy atom. The predicted octanol–water partition coefficient (Wildman–Crippen LogP) is 2.95. The number of amides is 1. The number of unbranched alkanes of at least 4 members (excludes halogenated alkanes) is 1. The fraction of sp³-hybridized carbons (Fsp3) is 0.632. The Morgan fingerprint density at radius 2 is 1.92 bits per heavy atom. The lowest BCUT2D eigenvalue weighted by atomic mass is 10.0. The first-order valence-corrected chi connectivity index (χ1v) is 8.82. The minimum Gasteiger partial charge on any atom is -0.493 e. The Kier molecular flexibility index (Phi) is 6.93. The first-order chi connectivity index (χ1) is 11.1. The topological polar surface area (TPSA) is 41.6 Å². The van der Waals surface area contributed by atoms with Crippen molar-refractivity contribution in [3.8, 4) is 5.75 Å². The van der Waals surface area contributed by atoms with Crippen LogP contribution in [0.5, 0.6) is 5.75 Å². The fourth-order valence-electron chi connectivity index (χ4n) is 3.64. The zero-order valence-electron chi connectivity index (χ0n) is 14.7. The van der Waals surface area contributed by atoms with E-state index in [9.17, 15) is 4.79 Å². The maximum Gasteiger partial charge on any atom is 0.222 e. The Labute approximate surface area is 151 Å². The summed E-state index contributed by atoms with van der Waals surface area (Å²) in [7, 11) is 0. The summed E-state index contributed by atoms with van der Waals surface area (Å²) in [6.45, 7) is 8.90. The number of carbonyl (C=O) groups excluding carboxylic acids is 1. The SMILES string of the molecule is Cc1ccc(C)c(OCCCCC(=O)N2C[C@H]3CNC[C@H]3C2)c1.Cl. The summed E-state index contributed by atoms with van der Waals surface area (Å²) in [6, 6.07) is 6.27. The summed E-state index contributed by atoms with van der Waals surface area (Å²) >= 11 is 0. The molecule has 5 heteroatoms. The maximum atomic E-state index is 12.3. The molecule has 0 aliphatic carbocycles. The van der Waals surface area contributed by atoms with Gasteiger partial charge in [-0.1, -0.05) is 12.1 Å². The third-order valence-electron chi connectivity index (χ3n) is 5.13. The van der Waals surface area contributed by atoms with Gasteiger partial charge in [0.05, 0.1) is 6.61 Å². The highest BCUT2D eigenvalue weighted by Gasteiger charge is 2.37. The molecule has 0 spiro atoms. The molecule has 134 valence electrons. The van der Waals surface area contributed by atoms with Crippen LogP contribution in [0.25, 0.3) is 0 Å². The van der Waals surface area contributed by atoms with Gasteiger partial charge in [-0.3, -0.25) is 4.79 Å². The number of carbonyl (C=O) groups is 1. The molecule has 0 aromatic heterocycles.